The summed E-state index contributed by atoms with van der Waals surface area (Å²) in [6.45, 7) is 0.743. The smallest absolute Gasteiger partial charge is 0.257 e. The maximum absolute atomic E-state index is 13.0. The first-order valence-electron chi connectivity index (χ1n) is 8.41. The molecule has 3 aromatic rings. The molecular formula is C19H18N4OS. The van der Waals surface area contributed by atoms with E-state index in [2.05, 4.69) is 15.0 Å². The third-order valence-electron chi connectivity index (χ3n) is 4.43. The molecule has 0 aliphatic carbocycles. The van der Waals surface area contributed by atoms with Crippen LogP contribution in [0.2, 0.25) is 0 Å². The number of amides is 1. The molecule has 3 aromatic heterocycles. The van der Waals surface area contributed by atoms with Crippen LogP contribution < -0.4 is 0 Å². The summed E-state index contributed by atoms with van der Waals surface area (Å²) in [5.41, 5.74) is 1.48. The molecule has 0 radical (unpaired) electrons. The van der Waals surface area contributed by atoms with Crippen molar-refractivity contribution in [3.63, 3.8) is 0 Å². The van der Waals surface area contributed by atoms with Gasteiger partial charge in [-0.25, -0.2) is 9.97 Å². The zero-order valence-corrected chi connectivity index (χ0v) is 14.5. The average Bonchev–Trinajstić information content (AvgIpc) is 3.23. The average molecular weight is 350 g/mol. The highest BCUT2D eigenvalue weighted by Crippen LogP contribution is 2.31. The Bertz CT molecular complexity index is 834. The summed E-state index contributed by atoms with van der Waals surface area (Å²) in [5.74, 6) is 0.638. The highest BCUT2D eigenvalue weighted by Gasteiger charge is 2.29. The highest BCUT2D eigenvalue weighted by atomic mass is 32.1. The van der Waals surface area contributed by atoms with Gasteiger partial charge in [0.05, 0.1) is 22.2 Å². The number of hydrogen-bond donors (Lipinski definition) is 0. The van der Waals surface area contributed by atoms with Gasteiger partial charge in [-0.3, -0.25) is 9.78 Å². The van der Waals surface area contributed by atoms with Crippen LogP contribution >= 0.6 is 11.3 Å². The van der Waals surface area contributed by atoms with Crippen LogP contribution in [0.5, 0.6) is 0 Å². The highest BCUT2D eigenvalue weighted by molar-refractivity contribution is 7.13. The van der Waals surface area contributed by atoms with E-state index in [1.165, 1.54) is 0 Å². The fourth-order valence-electron chi connectivity index (χ4n) is 3.19. The van der Waals surface area contributed by atoms with Crippen molar-refractivity contribution in [1.29, 1.82) is 0 Å². The zero-order chi connectivity index (χ0) is 17.1. The van der Waals surface area contributed by atoms with Crippen LogP contribution in [0.3, 0.4) is 0 Å². The van der Waals surface area contributed by atoms with Crippen LogP contribution in [0.1, 0.15) is 41.4 Å². The molecule has 126 valence electrons. The number of rotatable bonds is 3. The second-order valence-electron chi connectivity index (χ2n) is 6.04. The maximum atomic E-state index is 13.0. The van der Waals surface area contributed by atoms with Gasteiger partial charge in [-0.05, 0) is 42.8 Å². The Morgan fingerprint density at radius 3 is 2.68 bits per heavy atom. The normalized spacial score (nSPS) is 17.4. The molecule has 4 rings (SSSR count). The lowest BCUT2D eigenvalue weighted by atomic mass is 9.98. The maximum Gasteiger partial charge on any atom is 0.257 e. The monoisotopic (exact) mass is 350 g/mol. The Morgan fingerprint density at radius 1 is 1.08 bits per heavy atom. The molecular weight excluding hydrogens is 332 g/mol. The molecule has 6 heteroatoms. The molecule has 1 amide bonds. The minimum Gasteiger partial charge on any atom is -0.330 e. The Balaban J connectivity index is 1.58. The van der Waals surface area contributed by atoms with Gasteiger partial charge in [-0.15, -0.1) is 11.3 Å². The van der Waals surface area contributed by atoms with Crippen molar-refractivity contribution >= 4 is 17.2 Å². The van der Waals surface area contributed by atoms with E-state index < -0.39 is 0 Å². The molecule has 1 aliphatic rings. The molecule has 4 heterocycles. The van der Waals surface area contributed by atoms with E-state index in [0.717, 1.165) is 36.4 Å². The minimum atomic E-state index is -0.0203. The van der Waals surface area contributed by atoms with Gasteiger partial charge in [0.1, 0.15) is 0 Å². The van der Waals surface area contributed by atoms with Gasteiger partial charge >= 0.3 is 0 Å². The van der Waals surface area contributed by atoms with E-state index in [4.69, 9.17) is 0 Å². The molecule has 0 N–H and O–H groups in total. The fourth-order valence-corrected chi connectivity index (χ4v) is 3.86. The topological polar surface area (TPSA) is 59.0 Å². The van der Waals surface area contributed by atoms with Crippen LogP contribution in [0, 0.1) is 0 Å². The van der Waals surface area contributed by atoms with Gasteiger partial charge in [0.2, 0.25) is 0 Å². The molecule has 1 fully saturated rings. The van der Waals surface area contributed by atoms with E-state index in [-0.39, 0.29) is 11.9 Å². The predicted octanol–water partition coefficient (Wildman–Crippen LogP) is 3.97. The standard InChI is InChI=1S/C19H18N4OS/c24-19(14-12-21-18(22-13-14)17-8-5-11-25-17)23-10-4-2-7-16(23)15-6-1-3-9-20-15/h1,3,5-6,8-9,11-13,16H,2,4,7,10H2. The van der Waals surface area contributed by atoms with Gasteiger partial charge in [-0.2, -0.15) is 0 Å². The van der Waals surface area contributed by atoms with Gasteiger partial charge in [0.15, 0.2) is 5.82 Å². The van der Waals surface area contributed by atoms with E-state index >= 15 is 0 Å². The van der Waals surface area contributed by atoms with E-state index in [1.807, 2.05) is 40.6 Å². The third kappa shape index (κ3) is 3.30. The number of aromatic nitrogens is 3. The second-order valence-corrected chi connectivity index (χ2v) is 6.99. The number of thiophene rings is 1. The van der Waals surface area contributed by atoms with Crippen molar-refractivity contribution in [1.82, 2.24) is 19.9 Å². The molecule has 0 bridgehead atoms. The number of carbonyl (C=O) groups excluding carboxylic acids is 1. The van der Waals surface area contributed by atoms with Crippen molar-refractivity contribution in [3.05, 3.63) is 65.6 Å². The summed E-state index contributed by atoms with van der Waals surface area (Å²) < 4.78 is 0. The number of piperidine rings is 1. The Hall–Kier alpha value is -2.60. The molecule has 0 aromatic carbocycles. The molecule has 1 saturated heterocycles. The number of likely N-dealkylation sites (tertiary alicyclic amines) is 1. The lowest BCUT2D eigenvalue weighted by Gasteiger charge is -2.35. The van der Waals surface area contributed by atoms with Crippen LogP contribution in [0.15, 0.2) is 54.3 Å². The number of carbonyl (C=O) groups is 1. The van der Waals surface area contributed by atoms with Gasteiger partial charge in [0, 0.05) is 25.1 Å². The van der Waals surface area contributed by atoms with Crippen LogP contribution in [-0.4, -0.2) is 32.3 Å². The first-order valence-corrected chi connectivity index (χ1v) is 9.29. The van der Waals surface area contributed by atoms with Crippen molar-refractivity contribution in [2.75, 3.05) is 6.54 Å². The van der Waals surface area contributed by atoms with Crippen molar-refractivity contribution < 1.29 is 4.79 Å². The molecule has 25 heavy (non-hydrogen) atoms. The summed E-state index contributed by atoms with van der Waals surface area (Å²) in [7, 11) is 0. The van der Waals surface area contributed by atoms with Gasteiger partial charge in [0.25, 0.3) is 5.91 Å². The van der Waals surface area contributed by atoms with Crippen molar-refractivity contribution in [2.45, 2.75) is 25.3 Å². The third-order valence-corrected chi connectivity index (χ3v) is 5.30. The van der Waals surface area contributed by atoms with Crippen molar-refractivity contribution in [2.24, 2.45) is 0 Å². The number of pyridine rings is 1. The van der Waals surface area contributed by atoms with Gasteiger partial charge < -0.3 is 4.90 Å². The summed E-state index contributed by atoms with van der Waals surface area (Å²) in [6, 6.07) is 9.83. The Labute approximate surface area is 150 Å². The van der Waals surface area contributed by atoms with Crippen LogP contribution in [0.25, 0.3) is 10.7 Å². The lowest BCUT2D eigenvalue weighted by molar-refractivity contribution is 0.0605. The number of nitrogens with zero attached hydrogens (tertiary/aromatic N) is 4. The first kappa shape index (κ1) is 15.9. The summed E-state index contributed by atoms with van der Waals surface area (Å²) in [6.07, 6.45) is 8.12. The lowest BCUT2D eigenvalue weighted by Crippen LogP contribution is -2.39. The van der Waals surface area contributed by atoms with Crippen LogP contribution in [-0.2, 0) is 0 Å². The number of hydrogen-bond acceptors (Lipinski definition) is 5. The molecule has 1 aliphatic heterocycles. The fraction of sp³-hybridized carbons (Fsp3) is 0.263. The molecule has 0 spiro atoms. The SMILES string of the molecule is O=C(c1cnc(-c2cccs2)nc1)N1CCCCC1c1ccccn1. The molecule has 1 atom stereocenters. The first-order chi connectivity index (χ1) is 12.3. The quantitative estimate of drug-likeness (QED) is 0.717. The van der Waals surface area contributed by atoms with Gasteiger partial charge in [-0.1, -0.05) is 12.1 Å². The van der Waals surface area contributed by atoms with Crippen molar-refractivity contribution in [3.8, 4) is 10.7 Å². The van der Waals surface area contributed by atoms with E-state index in [9.17, 15) is 4.79 Å². The second kappa shape index (κ2) is 7.11. The predicted molar refractivity (Wildman–Crippen MR) is 97.2 cm³/mol. The zero-order valence-electron chi connectivity index (χ0n) is 13.7. The van der Waals surface area contributed by atoms with E-state index in [0.29, 0.717) is 11.4 Å². The Morgan fingerprint density at radius 2 is 1.96 bits per heavy atom. The molecule has 5 nitrogen and oxygen atoms in total. The molecule has 0 saturated carbocycles. The molecule has 1 unspecified atom stereocenters. The van der Waals surface area contributed by atoms with Crippen LogP contribution in [0.4, 0.5) is 0 Å². The summed E-state index contributed by atoms with van der Waals surface area (Å²) >= 11 is 1.59. The minimum absolute atomic E-state index is 0.0203. The summed E-state index contributed by atoms with van der Waals surface area (Å²) in [5, 5.41) is 1.99. The largest absolute Gasteiger partial charge is 0.330 e. The van der Waals surface area contributed by atoms with E-state index in [1.54, 1.807) is 29.9 Å². The Kier molecular flexibility index (Phi) is 4.52. The summed E-state index contributed by atoms with van der Waals surface area (Å²) in [4.78, 5) is 29.1.